The predicted molar refractivity (Wildman–Crippen MR) is 217 cm³/mol. The van der Waals surface area contributed by atoms with E-state index in [-0.39, 0.29) is 35.7 Å². The van der Waals surface area contributed by atoms with E-state index in [2.05, 4.69) is 21.3 Å². The summed E-state index contributed by atoms with van der Waals surface area (Å²) >= 11 is 0. The van der Waals surface area contributed by atoms with Crippen LogP contribution in [0.2, 0.25) is 0 Å². The van der Waals surface area contributed by atoms with Crippen LogP contribution in [0, 0.1) is 10.1 Å². The Morgan fingerprint density at radius 3 is 1.33 bits per heavy atom. The molecule has 4 N–H and O–H groups in total. The molecule has 1 heterocycles. The second kappa shape index (κ2) is 15.4. The minimum Gasteiger partial charge on any atom is -0.483 e. The van der Waals surface area contributed by atoms with Crippen molar-refractivity contribution >= 4 is 73.6 Å². The lowest BCUT2D eigenvalue weighted by Gasteiger charge is -2.19. The van der Waals surface area contributed by atoms with Crippen LogP contribution in [-0.2, 0) is 9.59 Å². The summed E-state index contributed by atoms with van der Waals surface area (Å²) in [6.07, 6.45) is 0. The van der Waals surface area contributed by atoms with Crippen LogP contribution >= 0.6 is 0 Å². The predicted octanol–water partition coefficient (Wildman–Crippen LogP) is 8.42. The van der Waals surface area contributed by atoms with Crippen molar-refractivity contribution in [1.82, 2.24) is 0 Å². The molecule has 13 heteroatoms. The maximum atomic E-state index is 13.4. The Hall–Kier alpha value is -8.06. The van der Waals surface area contributed by atoms with E-state index in [1.165, 1.54) is 18.2 Å². The van der Waals surface area contributed by atoms with Gasteiger partial charge in [-0.25, -0.2) is 0 Å². The van der Waals surface area contributed by atoms with Crippen LogP contribution in [0.4, 0.5) is 28.4 Å². The molecule has 0 aromatic heterocycles. The Kier molecular flexibility index (Phi) is 9.68. The number of ether oxygens (including phenoxy) is 2. The van der Waals surface area contributed by atoms with Crippen LogP contribution in [0.25, 0.3) is 32.7 Å². The largest absolute Gasteiger partial charge is 0.483 e. The summed E-state index contributed by atoms with van der Waals surface area (Å²) in [6, 6.07) is 38.9. The number of amides is 4. The highest BCUT2D eigenvalue weighted by Crippen LogP contribution is 2.45. The zero-order valence-electron chi connectivity index (χ0n) is 29.9. The van der Waals surface area contributed by atoms with Gasteiger partial charge < -0.3 is 30.7 Å². The number of nitro groups is 1. The first-order valence-electron chi connectivity index (χ1n) is 17.7. The fourth-order valence-electron chi connectivity index (χ4n) is 6.67. The van der Waals surface area contributed by atoms with E-state index in [1.807, 2.05) is 60.7 Å². The van der Waals surface area contributed by atoms with E-state index in [0.29, 0.717) is 34.0 Å². The first-order chi connectivity index (χ1) is 27.7. The second-order valence-electron chi connectivity index (χ2n) is 13.1. The maximum absolute atomic E-state index is 13.4. The zero-order valence-corrected chi connectivity index (χ0v) is 29.9. The fourth-order valence-corrected chi connectivity index (χ4v) is 6.67. The van der Waals surface area contributed by atoms with Crippen LogP contribution in [-0.4, -0.2) is 41.8 Å². The van der Waals surface area contributed by atoms with Crippen molar-refractivity contribution < 1.29 is 33.6 Å². The number of anilines is 4. The van der Waals surface area contributed by atoms with Crippen molar-refractivity contribution in [3.63, 3.8) is 0 Å². The van der Waals surface area contributed by atoms with Gasteiger partial charge in [-0.3, -0.25) is 29.3 Å². The fraction of sp³-hybridized carbons (Fsp3) is 0.0455. The molecule has 57 heavy (non-hydrogen) atoms. The Balaban J connectivity index is 1.21. The molecular weight excluding hydrogens is 727 g/mol. The molecule has 8 rings (SSSR count). The van der Waals surface area contributed by atoms with Crippen molar-refractivity contribution in [2.75, 3.05) is 34.5 Å². The lowest BCUT2D eigenvalue weighted by molar-refractivity contribution is -0.384. The van der Waals surface area contributed by atoms with E-state index in [1.54, 1.807) is 48.5 Å². The van der Waals surface area contributed by atoms with Gasteiger partial charge in [0, 0.05) is 57.1 Å². The summed E-state index contributed by atoms with van der Waals surface area (Å²) in [4.78, 5) is 64.7. The smallest absolute Gasteiger partial charge is 0.271 e. The second-order valence-corrected chi connectivity index (χ2v) is 13.1. The molecular formula is C44H31N5O8. The van der Waals surface area contributed by atoms with Gasteiger partial charge >= 0.3 is 0 Å². The number of nitrogens with one attached hydrogen (secondary N) is 4. The summed E-state index contributed by atoms with van der Waals surface area (Å²) in [5.41, 5.74) is 1.79. The Morgan fingerprint density at radius 2 is 0.895 bits per heavy atom. The van der Waals surface area contributed by atoms with Crippen molar-refractivity contribution in [3.05, 3.63) is 161 Å². The molecule has 7 aromatic carbocycles. The molecule has 1 aliphatic heterocycles. The van der Waals surface area contributed by atoms with E-state index in [0.717, 1.165) is 33.7 Å². The number of hydrogen-bond donors (Lipinski definition) is 4. The standard InChI is InChI=1S/C44H31N5O8/c50-39-24-56-37-17-15-26-7-1-3-13-35(26)41(37)42-36-14-4-2-8-27(36)16-18-38(42)57-25-40(51)46-31-10-6-12-33(23-31)48-44(53)29-19-28(20-34(21-29)49(54)55)43(52)47-32-11-5-9-30(22-32)45-39/h1-23H,24-25H2,(H,45,50)(H,46,51)(H,47,52)(H,48,53). The molecule has 280 valence electrons. The van der Waals surface area contributed by atoms with Gasteiger partial charge in [-0.05, 0) is 76.1 Å². The highest BCUT2D eigenvalue weighted by Gasteiger charge is 2.22. The molecule has 7 aromatic rings. The lowest BCUT2D eigenvalue weighted by atomic mass is 9.92. The molecule has 0 fully saturated rings. The molecule has 13 nitrogen and oxygen atoms in total. The third-order valence-electron chi connectivity index (χ3n) is 9.21. The molecule has 0 aliphatic carbocycles. The van der Waals surface area contributed by atoms with Crippen LogP contribution in [0.15, 0.2) is 140 Å². The zero-order chi connectivity index (χ0) is 39.5. The summed E-state index contributed by atoms with van der Waals surface area (Å²) in [5.74, 6) is -1.64. The topological polar surface area (TPSA) is 178 Å². The summed E-state index contributed by atoms with van der Waals surface area (Å²) in [7, 11) is 0. The lowest BCUT2D eigenvalue weighted by Crippen LogP contribution is -2.21. The van der Waals surface area contributed by atoms with Crippen molar-refractivity contribution in [2.45, 2.75) is 0 Å². The SMILES string of the molecule is O=C1COc2ccc3ccccc3c2-c2c(ccc3ccccc23)OCC(=O)Nc2cccc(c2)NC(=O)c2cc(cc([N+](=O)[O-])c2)C(=O)Nc2cccc(c2)N1. The van der Waals surface area contributed by atoms with Crippen LogP contribution in [0.1, 0.15) is 20.7 Å². The number of benzene rings is 7. The molecule has 0 spiro atoms. The molecule has 4 amide bonds. The third kappa shape index (κ3) is 7.79. The minimum absolute atomic E-state index is 0.149. The number of nitro benzene ring substituents is 1. The van der Waals surface area contributed by atoms with E-state index >= 15 is 0 Å². The Labute approximate surface area is 324 Å². The summed E-state index contributed by atoms with van der Waals surface area (Å²) in [6.45, 7) is -0.772. The molecule has 1 aliphatic rings. The molecule has 0 unspecified atom stereocenters. The van der Waals surface area contributed by atoms with Crippen LogP contribution in [0.5, 0.6) is 11.5 Å². The number of non-ortho nitro benzene ring substituents is 1. The highest BCUT2D eigenvalue weighted by molar-refractivity contribution is 6.11. The molecule has 0 radical (unpaired) electrons. The minimum atomic E-state index is -0.728. The van der Waals surface area contributed by atoms with Gasteiger partial charge in [-0.2, -0.15) is 0 Å². The summed E-state index contributed by atoms with van der Waals surface area (Å²) in [5, 5.41) is 26.2. The van der Waals surface area contributed by atoms with Gasteiger partial charge in [0.2, 0.25) is 0 Å². The average molecular weight is 758 g/mol. The maximum Gasteiger partial charge on any atom is 0.271 e. The molecule has 0 saturated heterocycles. The number of carbonyl (C=O) groups is 4. The first-order valence-corrected chi connectivity index (χ1v) is 17.7. The van der Waals surface area contributed by atoms with Gasteiger partial charge in [-0.15, -0.1) is 0 Å². The molecule has 0 atom stereocenters. The van der Waals surface area contributed by atoms with E-state index in [4.69, 9.17) is 9.47 Å². The van der Waals surface area contributed by atoms with Crippen LogP contribution < -0.4 is 30.7 Å². The Bertz CT molecular complexity index is 2610. The van der Waals surface area contributed by atoms with E-state index in [9.17, 15) is 29.3 Å². The molecule has 6 bridgehead atoms. The monoisotopic (exact) mass is 757 g/mol. The number of nitrogens with zero attached hydrogens (tertiary/aromatic N) is 1. The van der Waals surface area contributed by atoms with E-state index < -0.39 is 34.2 Å². The van der Waals surface area contributed by atoms with Gasteiger partial charge in [-0.1, -0.05) is 72.8 Å². The van der Waals surface area contributed by atoms with Gasteiger partial charge in [0.25, 0.3) is 29.3 Å². The van der Waals surface area contributed by atoms with Crippen molar-refractivity contribution in [1.29, 1.82) is 0 Å². The molecule has 0 saturated carbocycles. The van der Waals surface area contributed by atoms with Gasteiger partial charge in [0.05, 0.1) is 4.92 Å². The highest BCUT2D eigenvalue weighted by atomic mass is 16.6. The van der Waals surface area contributed by atoms with Gasteiger partial charge in [0.15, 0.2) is 13.2 Å². The van der Waals surface area contributed by atoms with Crippen molar-refractivity contribution in [2.24, 2.45) is 0 Å². The van der Waals surface area contributed by atoms with Crippen molar-refractivity contribution in [3.8, 4) is 22.6 Å². The number of hydrogen-bond acceptors (Lipinski definition) is 8. The number of carbonyl (C=O) groups excluding carboxylic acids is 4. The third-order valence-corrected chi connectivity index (χ3v) is 9.21. The Morgan fingerprint density at radius 1 is 0.474 bits per heavy atom. The quantitative estimate of drug-likeness (QED) is 0.0952. The normalized spacial score (nSPS) is 13.5. The summed E-state index contributed by atoms with van der Waals surface area (Å²) < 4.78 is 12.5. The first kappa shape index (κ1) is 35.9. The van der Waals surface area contributed by atoms with Crippen LogP contribution in [0.3, 0.4) is 0 Å². The number of fused-ring (bicyclic) bond motifs is 13. The average Bonchev–Trinajstić information content (AvgIpc) is 3.21. The van der Waals surface area contributed by atoms with Gasteiger partial charge in [0.1, 0.15) is 11.5 Å². The number of rotatable bonds is 1.